The van der Waals surface area contributed by atoms with Crippen molar-refractivity contribution in [2.24, 2.45) is 5.92 Å². The Hall–Kier alpha value is -0.740. The van der Waals surface area contributed by atoms with Gasteiger partial charge in [-0.15, -0.1) is 0 Å². The Morgan fingerprint density at radius 1 is 1.25 bits per heavy atom. The number of nitrogens with zero attached hydrogens (tertiary/aromatic N) is 1. The third-order valence-electron chi connectivity index (χ3n) is 3.99. The van der Waals surface area contributed by atoms with Crippen LogP contribution in [0.3, 0.4) is 0 Å². The lowest BCUT2D eigenvalue weighted by molar-refractivity contribution is 0.189. The van der Waals surface area contributed by atoms with E-state index in [2.05, 4.69) is 33.0 Å². The van der Waals surface area contributed by atoms with Crippen LogP contribution >= 0.6 is 15.9 Å². The molecular formula is C16H24BrNO2. The summed E-state index contributed by atoms with van der Waals surface area (Å²) in [6.45, 7) is 3.58. The first-order chi connectivity index (χ1) is 9.76. The van der Waals surface area contributed by atoms with Crippen LogP contribution in [0.5, 0.6) is 11.5 Å². The van der Waals surface area contributed by atoms with E-state index in [-0.39, 0.29) is 0 Å². The second-order valence-corrected chi connectivity index (χ2v) is 6.05. The Morgan fingerprint density at radius 3 is 2.75 bits per heavy atom. The number of halogens is 1. The molecule has 3 nitrogen and oxygen atoms in total. The van der Waals surface area contributed by atoms with E-state index < -0.39 is 0 Å². The third kappa shape index (κ3) is 4.13. The molecule has 20 heavy (non-hydrogen) atoms. The minimum absolute atomic E-state index is 0.800. The minimum Gasteiger partial charge on any atom is -0.493 e. The summed E-state index contributed by atoms with van der Waals surface area (Å²) in [5.41, 5.74) is 1.31. The highest BCUT2D eigenvalue weighted by atomic mass is 79.9. The van der Waals surface area contributed by atoms with Gasteiger partial charge in [0.15, 0.2) is 11.5 Å². The lowest BCUT2D eigenvalue weighted by Crippen LogP contribution is -2.37. The zero-order valence-electron chi connectivity index (χ0n) is 12.4. The summed E-state index contributed by atoms with van der Waals surface area (Å²) in [4.78, 5) is 2.58. The summed E-state index contributed by atoms with van der Waals surface area (Å²) in [6.07, 6.45) is 3.75. The van der Waals surface area contributed by atoms with E-state index in [0.29, 0.717) is 0 Å². The van der Waals surface area contributed by atoms with Crippen LogP contribution in [0.1, 0.15) is 18.4 Å². The second-order valence-electron chi connectivity index (χ2n) is 5.40. The molecule has 0 saturated carbocycles. The molecule has 1 fully saturated rings. The van der Waals surface area contributed by atoms with Crippen molar-refractivity contribution in [1.29, 1.82) is 0 Å². The van der Waals surface area contributed by atoms with Crippen LogP contribution in [0.15, 0.2) is 18.2 Å². The Kier molecular flexibility index (Phi) is 6.17. The molecular weight excluding hydrogens is 318 g/mol. The summed E-state index contributed by atoms with van der Waals surface area (Å²) < 4.78 is 10.6. The van der Waals surface area contributed by atoms with E-state index in [9.17, 15) is 0 Å². The lowest BCUT2D eigenvalue weighted by Gasteiger charge is -2.31. The Morgan fingerprint density at radius 2 is 2.05 bits per heavy atom. The van der Waals surface area contributed by atoms with Crippen LogP contribution in [0.4, 0.5) is 0 Å². The summed E-state index contributed by atoms with van der Waals surface area (Å²) in [5.74, 6) is 2.43. The predicted molar refractivity (Wildman–Crippen MR) is 86.2 cm³/mol. The number of methoxy groups -OCH3 is 2. The molecule has 0 aliphatic carbocycles. The highest BCUT2D eigenvalue weighted by Gasteiger charge is 2.18. The molecule has 1 aromatic carbocycles. The van der Waals surface area contributed by atoms with E-state index in [4.69, 9.17) is 9.47 Å². The van der Waals surface area contributed by atoms with Gasteiger partial charge < -0.3 is 14.4 Å². The SMILES string of the molecule is COc1ccc(CCN2CCCC(CBr)C2)cc1OC. The van der Waals surface area contributed by atoms with Gasteiger partial charge >= 0.3 is 0 Å². The van der Waals surface area contributed by atoms with Gasteiger partial charge in [0.1, 0.15) is 0 Å². The van der Waals surface area contributed by atoms with E-state index in [1.807, 2.05) is 6.07 Å². The highest BCUT2D eigenvalue weighted by Crippen LogP contribution is 2.28. The maximum absolute atomic E-state index is 5.36. The van der Waals surface area contributed by atoms with Crippen LogP contribution < -0.4 is 9.47 Å². The molecule has 1 heterocycles. The smallest absolute Gasteiger partial charge is 0.160 e. The quantitative estimate of drug-likeness (QED) is 0.740. The number of likely N-dealkylation sites (tertiary alicyclic amines) is 1. The van der Waals surface area contributed by atoms with Gasteiger partial charge in [0.2, 0.25) is 0 Å². The van der Waals surface area contributed by atoms with Crippen molar-refractivity contribution in [1.82, 2.24) is 4.90 Å². The van der Waals surface area contributed by atoms with E-state index in [1.165, 1.54) is 31.5 Å². The van der Waals surface area contributed by atoms with Crippen molar-refractivity contribution in [3.05, 3.63) is 23.8 Å². The van der Waals surface area contributed by atoms with Gasteiger partial charge in [-0.3, -0.25) is 0 Å². The molecule has 1 aliphatic heterocycles. The Bertz CT molecular complexity index is 425. The van der Waals surface area contributed by atoms with Gasteiger partial charge in [-0.2, -0.15) is 0 Å². The minimum atomic E-state index is 0.800. The van der Waals surface area contributed by atoms with Crippen LogP contribution in [-0.2, 0) is 6.42 Å². The van der Waals surface area contributed by atoms with Gasteiger partial charge in [-0.25, -0.2) is 0 Å². The number of benzene rings is 1. The summed E-state index contributed by atoms with van der Waals surface area (Å²) in [6, 6.07) is 6.21. The number of alkyl halides is 1. The zero-order valence-corrected chi connectivity index (χ0v) is 14.0. The Labute approximate surface area is 130 Å². The highest BCUT2D eigenvalue weighted by molar-refractivity contribution is 9.09. The fraction of sp³-hybridized carbons (Fsp3) is 0.625. The number of hydrogen-bond acceptors (Lipinski definition) is 3. The average molecular weight is 342 g/mol. The first-order valence-electron chi connectivity index (χ1n) is 7.26. The molecule has 1 atom stereocenters. The molecule has 0 amide bonds. The van der Waals surface area contributed by atoms with Gasteiger partial charge in [-0.05, 0) is 49.4 Å². The summed E-state index contributed by atoms with van der Waals surface area (Å²) >= 11 is 3.61. The molecule has 0 radical (unpaired) electrons. The Balaban J connectivity index is 1.90. The summed E-state index contributed by atoms with van der Waals surface area (Å²) in [7, 11) is 3.36. The first kappa shape index (κ1) is 15.6. The van der Waals surface area contributed by atoms with E-state index in [0.717, 1.165) is 35.7 Å². The standard InChI is InChI=1S/C16H24BrNO2/c1-19-15-6-5-13(10-16(15)20-2)7-9-18-8-3-4-14(11-17)12-18/h5-6,10,14H,3-4,7-9,11-12H2,1-2H3. The van der Waals surface area contributed by atoms with Crippen molar-refractivity contribution in [2.75, 3.05) is 39.2 Å². The van der Waals surface area contributed by atoms with E-state index >= 15 is 0 Å². The lowest BCUT2D eigenvalue weighted by atomic mass is 10.00. The van der Waals surface area contributed by atoms with Crippen LogP contribution in [0, 0.1) is 5.92 Å². The molecule has 0 N–H and O–H groups in total. The fourth-order valence-corrected chi connectivity index (χ4v) is 3.33. The van der Waals surface area contributed by atoms with Gasteiger partial charge in [0.05, 0.1) is 14.2 Å². The van der Waals surface area contributed by atoms with Gasteiger partial charge in [0, 0.05) is 18.4 Å². The molecule has 1 saturated heterocycles. The maximum atomic E-state index is 5.36. The second kappa shape index (κ2) is 7.89. The molecule has 0 aromatic heterocycles. The van der Waals surface area contributed by atoms with Crippen molar-refractivity contribution >= 4 is 15.9 Å². The number of ether oxygens (including phenoxy) is 2. The molecule has 0 bridgehead atoms. The molecule has 1 aromatic rings. The van der Waals surface area contributed by atoms with Crippen molar-refractivity contribution in [3.63, 3.8) is 0 Å². The zero-order chi connectivity index (χ0) is 14.4. The average Bonchev–Trinajstić information content (AvgIpc) is 2.52. The number of rotatable bonds is 6. The van der Waals surface area contributed by atoms with Crippen LogP contribution in [-0.4, -0.2) is 44.1 Å². The van der Waals surface area contributed by atoms with Gasteiger partial charge in [-0.1, -0.05) is 22.0 Å². The topological polar surface area (TPSA) is 21.7 Å². The fourth-order valence-electron chi connectivity index (χ4n) is 2.80. The monoisotopic (exact) mass is 341 g/mol. The third-order valence-corrected chi connectivity index (χ3v) is 4.90. The normalized spacial score (nSPS) is 19.9. The predicted octanol–water partition coefficient (Wildman–Crippen LogP) is 3.35. The molecule has 2 rings (SSSR count). The van der Waals surface area contributed by atoms with Crippen LogP contribution in [0.2, 0.25) is 0 Å². The van der Waals surface area contributed by atoms with Crippen molar-refractivity contribution in [3.8, 4) is 11.5 Å². The molecule has 0 spiro atoms. The maximum Gasteiger partial charge on any atom is 0.160 e. The van der Waals surface area contributed by atoms with E-state index in [1.54, 1.807) is 14.2 Å². The molecule has 112 valence electrons. The number of piperidine rings is 1. The largest absolute Gasteiger partial charge is 0.493 e. The van der Waals surface area contributed by atoms with Crippen molar-refractivity contribution < 1.29 is 9.47 Å². The number of hydrogen-bond donors (Lipinski definition) is 0. The molecule has 1 unspecified atom stereocenters. The molecule has 1 aliphatic rings. The summed E-state index contributed by atoms with van der Waals surface area (Å²) in [5, 5.41) is 1.12. The van der Waals surface area contributed by atoms with Crippen molar-refractivity contribution in [2.45, 2.75) is 19.3 Å². The molecule has 4 heteroatoms. The first-order valence-corrected chi connectivity index (χ1v) is 8.38. The van der Waals surface area contributed by atoms with Gasteiger partial charge in [0.25, 0.3) is 0 Å². The van der Waals surface area contributed by atoms with Crippen LogP contribution in [0.25, 0.3) is 0 Å².